The van der Waals surface area contributed by atoms with Crippen LogP contribution in [-0.2, 0) is 26.3 Å². The minimum Gasteiger partial charge on any atom is -0.368 e. The molecule has 0 radical (unpaired) electrons. The second-order valence-electron chi connectivity index (χ2n) is 9.12. The number of carbonyl (C=O) groups is 1. The van der Waals surface area contributed by atoms with Crippen molar-refractivity contribution < 1.29 is 21.8 Å². The molecule has 2 fully saturated rings. The second-order valence-corrected chi connectivity index (χ2v) is 10.5. The summed E-state index contributed by atoms with van der Waals surface area (Å²) >= 11 is 0. The molecule has 1 aromatic carbocycles. The fourth-order valence-corrected chi connectivity index (χ4v) is 5.64. The van der Waals surface area contributed by atoms with E-state index >= 15 is 0 Å². The summed E-state index contributed by atoms with van der Waals surface area (Å²) < 4.78 is 40.9. The highest BCUT2D eigenvalue weighted by molar-refractivity contribution is 7.86. The number of rotatable bonds is 7. The number of fused-ring (bicyclic) bond motifs is 1. The normalized spacial score (nSPS) is 25.7. The maximum atomic E-state index is 13.0. The van der Waals surface area contributed by atoms with Gasteiger partial charge in [0.2, 0.25) is 5.91 Å². The molecule has 1 amide bonds. The average molecular weight is 463 g/mol. The zero-order chi connectivity index (χ0) is 22.6. The number of benzene rings is 1. The van der Waals surface area contributed by atoms with Gasteiger partial charge < -0.3 is 15.0 Å². The van der Waals surface area contributed by atoms with Crippen molar-refractivity contribution in [2.24, 2.45) is 11.8 Å². The smallest absolute Gasteiger partial charge is 0.332 e. The van der Waals surface area contributed by atoms with Crippen molar-refractivity contribution in [2.75, 3.05) is 13.2 Å². The third kappa shape index (κ3) is 6.19. The lowest BCUT2D eigenvalue weighted by Gasteiger charge is -2.39. The first kappa shape index (κ1) is 23.0. The molecule has 32 heavy (non-hydrogen) atoms. The van der Waals surface area contributed by atoms with Crippen molar-refractivity contribution in [3.8, 4) is 0 Å². The summed E-state index contributed by atoms with van der Waals surface area (Å²) in [5, 5.41) is 2.93. The van der Waals surface area contributed by atoms with E-state index in [-0.39, 0.29) is 23.5 Å². The van der Waals surface area contributed by atoms with Gasteiger partial charge in [-0.15, -0.1) is 3.89 Å². The van der Waals surface area contributed by atoms with E-state index in [2.05, 4.69) is 5.32 Å². The molecule has 0 bridgehead atoms. The zero-order valence-electron chi connectivity index (χ0n) is 18.2. The topological polar surface area (TPSA) is 75.7 Å². The molecular weight excluding hydrogens is 431 g/mol. The van der Waals surface area contributed by atoms with E-state index in [0.717, 1.165) is 35.9 Å². The van der Waals surface area contributed by atoms with Gasteiger partial charge in [0.25, 0.3) is 0 Å². The van der Waals surface area contributed by atoms with Gasteiger partial charge in [-0.05, 0) is 67.1 Å². The van der Waals surface area contributed by atoms with Crippen molar-refractivity contribution in [3.05, 3.63) is 53.9 Å². The molecule has 1 heterocycles. The van der Waals surface area contributed by atoms with E-state index in [1.165, 1.54) is 44.2 Å². The summed E-state index contributed by atoms with van der Waals surface area (Å²) in [4.78, 5) is 14.1. The van der Waals surface area contributed by atoms with E-state index in [1.54, 1.807) is 12.1 Å². The van der Waals surface area contributed by atoms with Crippen molar-refractivity contribution in [1.82, 2.24) is 10.2 Å². The molecule has 2 aliphatic carbocycles. The van der Waals surface area contributed by atoms with E-state index < -0.39 is 10.2 Å². The molecule has 2 saturated carbocycles. The van der Waals surface area contributed by atoms with Gasteiger partial charge in [-0.1, -0.05) is 37.8 Å². The van der Waals surface area contributed by atoms with Gasteiger partial charge >= 0.3 is 10.2 Å². The van der Waals surface area contributed by atoms with Crippen molar-refractivity contribution in [3.63, 3.8) is 0 Å². The number of nitrogens with zero attached hydrogens (tertiary/aromatic N) is 1. The maximum absolute atomic E-state index is 13.0. The third-order valence-corrected chi connectivity index (χ3v) is 7.64. The van der Waals surface area contributed by atoms with Crippen LogP contribution < -0.4 is 5.32 Å². The van der Waals surface area contributed by atoms with Gasteiger partial charge in [0, 0.05) is 12.2 Å². The largest absolute Gasteiger partial charge is 0.368 e. The number of hydrogen-bond donors (Lipinski definition) is 1. The summed E-state index contributed by atoms with van der Waals surface area (Å²) in [7, 11) is -4.69. The van der Waals surface area contributed by atoms with Gasteiger partial charge in [0.1, 0.15) is 6.61 Å². The van der Waals surface area contributed by atoms with Crippen LogP contribution in [0.15, 0.2) is 53.2 Å². The molecule has 1 aliphatic heterocycles. The monoisotopic (exact) mass is 462 g/mol. The highest BCUT2D eigenvalue weighted by Crippen LogP contribution is 2.41. The zero-order valence-corrected chi connectivity index (χ0v) is 19.0. The predicted molar refractivity (Wildman–Crippen MR) is 120 cm³/mol. The van der Waals surface area contributed by atoms with Gasteiger partial charge in [0.15, 0.2) is 0 Å². The first-order valence-electron chi connectivity index (χ1n) is 11.4. The fourth-order valence-electron chi connectivity index (χ4n) is 5.18. The Morgan fingerprint density at radius 3 is 2.59 bits per heavy atom. The van der Waals surface area contributed by atoms with Crippen LogP contribution in [0.3, 0.4) is 0 Å². The lowest BCUT2D eigenvalue weighted by Crippen LogP contribution is -2.36. The Morgan fingerprint density at radius 1 is 1.09 bits per heavy atom. The van der Waals surface area contributed by atoms with Crippen molar-refractivity contribution >= 4 is 16.1 Å². The Hall–Kier alpha value is -2.19. The van der Waals surface area contributed by atoms with Crippen LogP contribution >= 0.6 is 0 Å². The molecule has 1 aromatic rings. The number of allylic oxidation sites excluding steroid dienone is 2. The molecule has 0 aromatic heterocycles. The van der Waals surface area contributed by atoms with Crippen molar-refractivity contribution in [1.29, 1.82) is 0 Å². The van der Waals surface area contributed by atoms with Crippen molar-refractivity contribution in [2.45, 2.75) is 62.5 Å². The number of ether oxygens (including phenoxy) is 1. The van der Waals surface area contributed by atoms with E-state index in [1.807, 2.05) is 23.3 Å². The molecule has 3 unspecified atom stereocenters. The summed E-state index contributed by atoms with van der Waals surface area (Å²) in [5.41, 5.74) is 1.62. The van der Waals surface area contributed by atoms with E-state index in [9.17, 15) is 17.1 Å². The average Bonchev–Trinajstić information content (AvgIpc) is 2.77. The highest BCUT2D eigenvalue weighted by atomic mass is 32.3. The van der Waals surface area contributed by atoms with Crippen LogP contribution in [0, 0.1) is 11.8 Å². The SMILES string of the molecule is O=C(COC1CCC2CCCCC2C1)NC1=CC=CN(Cc2ccc(S(=O)(=O)F)cc2)C1. The lowest BCUT2D eigenvalue weighted by molar-refractivity contribution is -0.128. The number of amides is 1. The molecule has 6 nitrogen and oxygen atoms in total. The first-order valence-corrected chi connectivity index (χ1v) is 12.8. The molecule has 0 saturated heterocycles. The standard InChI is InChI=1S/C24H31FN2O4S/c25-32(29,30)23-11-7-18(8-12-23)15-27-13-3-6-21(16-27)26-24(28)17-31-22-10-9-19-4-1-2-5-20(19)14-22/h3,6-8,11-13,19-20,22H,1-2,4-5,9-10,14-17H2,(H,26,28). The maximum Gasteiger partial charge on any atom is 0.332 e. The number of nitrogens with one attached hydrogen (secondary N) is 1. The Balaban J connectivity index is 1.21. The minimum atomic E-state index is -4.69. The van der Waals surface area contributed by atoms with Crippen LogP contribution in [0.5, 0.6) is 0 Å². The summed E-state index contributed by atoms with van der Waals surface area (Å²) in [6, 6.07) is 5.70. The highest BCUT2D eigenvalue weighted by Gasteiger charge is 2.32. The van der Waals surface area contributed by atoms with Gasteiger partial charge in [-0.3, -0.25) is 4.79 Å². The molecule has 0 spiro atoms. The minimum absolute atomic E-state index is 0.0717. The Kier molecular flexibility index (Phi) is 7.30. The van der Waals surface area contributed by atoms with E-state index in [4.69, 9.17) is 4.74 Å². The van der Waals surface area contributed by atoms with E-state index in [0.29, 0.717) is 13.1 Å². The number of hydrogen-bond acceptors (Lipinski definition) is 5. The second kappa shape index (κ2) is 10.2. The van der Waals surface area contributed by atoms with Crippen LogP contribution in [0.4, 0.5) is 3.89 Å². The molecule has 3 aliphatic rings. The Labute approximate surface area is 189 Å². The van der Waals surface area contributed by atoms with Gasteiger partial charge in [0.05, 0.1) is 17.5 Å². The van der Waals surface area contributed by atoms with Crippen LogP contribution in [0.25, 0.3) is 0 Å². The molecular formula is C24H31FN2O4S. The summed E-state index contributed by atoms with van der Waals surface area (Å²) in [6.07, 6.45) is 14.5. The summed E-state index contributed by atoms with van der Waals surface area (Å²) in [5.74, 6) is 1.49. The lowest BCUT2D eigenvalue weighted by atomic mass is 9.70. The molecule has 174 valence electrons. The number of halogens is 1. The van der Waals surface area contributed by atoms with Gasteiger partial charge in [-0.25, -0.2) is 0 Å². The molecule has 8 heteroatoms. The number of carbonyl (C=O) groups excluding carboxylic acids is 1. The predicted octanol–water partition coefficient (Wildman–Crippen LogP) is 4.05. The molecule has 1 N–H and O–H groups in total. The van der Waals surface area contributed by atoms with Crippen LogP contribution in [0.1, 0.15) is 50.5 Å². The quantitative estimate of drug-likeness (QED) is 0.619. The Morgan fingerprint density at radius 2 is 1.84 bits per heavy atom. The van der Waals surface area contributed by atoms with Crippen LogP contribution in [-0.4, -0.2) is 38.5 Å². The third-order valence-electron chi connectivity index (χ3n) is 6.80. The summed E-state index contributed by atoms with van der Waals surface area (Å²) in [6.45, 7) is 1.10. The fraction of sp³-hybridized carbons (Fsp3) is 0.542. The Bertz CT molecular complexity index is 974. The molecule has 3 atom stereocenters. The van der Waals surface area contributed by atoms with Gasteiger partial charge in [-0.2, -0.15) is 8.42 Å². The molecule has 4 rings (SSSR count). The first-order chi connectivity index (χ1) is 15.4. The van der Waals surface area contributed by atoms with Crippen LogP contribution in [0.2, 0.25) is 0 Å².